The molecule has 0 spiro atoms. The van der Waals surface area contributed by atoms with Crippen LogP contribution in [0.2, 0.25) is 0 Å². The average Bonchev–Trinajstić information content (AvgIpc) is 3.01. The predicted octanol–water partition coefficient (Wildman–Crippen LogP) is 7.68. The Labute approximate surface area is 323 Å². The van der Waals surface area contributed by atoms with Crippen molar-refractivity contribution in [3.63, 3.8) is 0 Å². The largest absolute Gasteiger partial charge is 0.416 e. The van der Waals surface area contributed by atoms with Gasteiger partial charge in [0.15, 0.2) is 0 Å². The van der Waals surface area contributed by atoms with Crippen molar-refractivity contribution in [2.45, 2.75) is 49.4 Å². The maximum Gasteiger partial charge on any atom is 0.416 e. The van der Waals surface area contributed by atoms with Crippen molar-refractivity contribution >= 4 is 28.0 Å². The maximum absolute atomic E-state index is 14.2. The molecule has 0 amide bonds. The SMILES string of the molecule is FC(F)(F)c1cc([B-](c2cc(C(F)(F)F)cc(C(F)(F)F)c2)(c2cc(C(F)(F)F)cc(C(F)(F)F)c2)c2cc(C(F)(F)F)cc(C(F)(F)F)c2)cc(C(F)(F)F)c1.[IH2+]. The zero-order chi connectivity index (χ0) is 43.9. The molecule has 0 bridgehead atoms. The molecule has 0 saturated carbocycles. The average molecular weight is 992 g/mol. The van der Waals surface area contributed by atoms with Crippen LogP contribution in [0.25, 0.3) is 0 Å². The summed E-state index contributed by atoms with van der Waals surface area (Å²) in [7, 11) is 0. The summed E-state index contributed by atoms with van der Waals surface area (Å²) in [6.45, 7) is 0. The zero-order valence-electron chi connectivity index (χ0n) is 27.0. The summed E-state index contributed by atoms with van der Waals surface area (Å²) in [6, 6.07) is -8.81. The molecule has 0 heterocycles. The van der Waals surface area contributed by atoms with Crippen LogP contribution in [0.1, 0.15) is 44.5 Å². The van der Waals surface area contributed by atoms with Gasteiger partial charge in [0.1, 0.15) is 6.15 Å². The number of alkyl halides is 24. The second-order valence-corrected chi connectivity index (χ2v) is 12.2. The molecule has 320 valence electrons. The van der Waals surface area contributed by atoms with Crippen LogP contribution >= 0.6 is 0 Å². The van der Waals surface area contributed by atoms with E-state index < -0.39 is 195 Å². The summed E-state index contributed by atoms with van der Waals surface area (Å²) >= 11 is 0. The van der Waals surface area contributed by atoms with Crippen molar-refractivity contribution in [3.05, 3.63) is 117 Å². The Kier molecular flexibility index (Phi) is 12.4. The Bertz CT molecular complexity index is 1700. The minimum atomic E-state index is -6.13. The van der Waals surface area contributed by atoms with E-state index in [1.54, 1.807) is 0 Å². The lowest BCUT2D eigenvalue weighted by atomic mass is 9.12. The normalized spacial score (nSPS) is 14.1. The van der Waals surface area contributed by atoms with E-state index in [0.717, 1.165) is 0 Å². The fourth-order valence-electron chi connectivity index (χ4n) is 6.07. The van der Waals surface area contributed by atoms with Gasteiger partial charge in [-0.3, -0.25) is 0 Å². The molecule has 58 heavy (non-hydrogen) atoms. The fraction of sp³-hybridized carbons (Fsp3) is 0.250. The molecular weight excluding hydrogens is 978 g/mol. The van der Waals surface area contributed by atoms with Gasteiger partial charge >= 0.3 is 49.4 Å². The van der Waals surface area contributed by atoms with Gasteiger partial charge in [0.2, 0.25) is 24.0 Å². The highest BCUT2D eigenvalue weighted by Crippen LogP contribution is 2.41. The third-order valence-corrected chi connectivity index (χ3v) is 8.44. The monoisotopic (exact) mass is 992 g/mol. The molecular formula is C32H14BF24I. The summed E-state index contributed by atoms with van der Waals surface area (Å²) in [4.78, 5) is 0. The first kappa shape index (κ1) is 48.4. The highest BCUT2D eigenvalue weighted by molar-refractivity contribution is 7.20. The van der Waals surface area contributed by atoms with Crippen LogP contribution < -0.4 is 45.8 Å². The summed E-state index contributed by atoms with van der Waals surface area (Å²) < 4.78 is 341. The van der Waals surface area contributed by atoms with Gasteiger partial charge in [-0.1, -0.05) is 48.5 Å². The minimum Gasteiger partial charge on any atom is -0.194 e. The van der Waals surface area contributed by atoms with Crippen LogP contribution in [0.5, 0.6) is 0 Å². The molecule has 0 nitrogen and oxygen atoms in total. The van der Waals surface area contributed by atoms with Crippen molar-refractivity contribution in [2.75, 3.05) is 0 Å². The zero-order valence-corrected chi connectivity index (χ0v) is 29.6. The Morgan fingerprint density at radius 2 is 0.310 bits per heavy atom. The van der Waals surface area contributed by atoms with E-state index in [2.05, 4.69) is 0 Å². The molecule has 26 heteroatoms. The quantitative estimate of drug-likeness (QED) is 0.112. The van der Waals surface area contributed by atoms with E-state index in [4.69, 9.17) is 0 Å². The van der Waals surface area contributed by atoms with Gasteiger partial charge in [-0.25, -0.2) is 0 Å². The molecule has 0 aliphatic rings. The molecule has 0 unspecified atom stereocenters. The van der Waals surface area contributed by atoms with Crippen LogP contribution in [0.4, 0.5) is 105 Å². The third-order valence-electron chi connectivity index (χ3n) is 8.44. The van der Waals surface area contributed by atoms with Gasteiger partial charge in [-0.2, -0.15) is 127 Å². The molecule has 0 aliphatic carbocycles. The van der Waals surface area contributed by atoms with Crippen molar-refractivity contribution in [1.82, 2.24) is 0 Å². The molecule has 0 fully saturated rings. The topological polar surface area (TPSA) is 0 Å². The van der Waals surface area contributed by atoms with Gasteiger partial charge < -0.3 is 0 Å². The first-order valence-electron chi connectivity index (χ1n) is 14.6. The van der Waals surface area contributed by atoms with Crippen LogP contribution in [0, 0.1) is 0 Å². The Morgan fingerprint density at radius 3 is 0.397 bits per heavy atom. The van der Waals surface area contributed by atoms with Crippen LogP contribution in [0.15, 0.2) is 72.8 Å². The second-order valence-electron chi connectivity index (χ2n) is 12.2. The molecule has 0 N–H and O–H groups in total. The van der Waals surface area contributed by atoms with E-state index in [1.807, 2.05) is 0 Å². The Morgan fingerprint density at radius 1 is 0.207 bits per heavy atom. The van der Waals surface area contributed by atoms with Crippen LogP contribution in [-0.2, 0) is 49.4 Å². The van der Waals surface area contributed by atoms with E-state index in [1.165, 1.54) is 0 Å². The van der Waals surface area contributed by atoms with Gasteiger partial charge in [0, 0.05) is 0 Å². The van der Waals surface area contributed by atoms with Crippen molar-refractivity contribution in [3.8, 4) is 0 Å². The number of rotatable bonds is 4. The fourth-order valence-corrected chi connectivity index (χ4v) is 6.07. The summed E-state index contributed by atoms with van der Waals surface area (Å²) in [5.41, 5.74) is -30.2. The number of hydrogen-bond acceptors (Lipinski definition) is 0. The predicted molar refractivity (Wildman–Crippen MR) is 153 cm³/mol. The molecule has 0 atom stereocenters. The lowest BCUT2D eigenvalue weighted by Gasteiger charge is -2.46. The van der Waals surface area contributed by atoms with Gasteiger partial charge in [-0.15, -0.1) is 0 Å². The minimum absolute atomic E-state index is 0. The maximum atomic E-state index is 14.2. The molecule has 0 saturated heterocycles. The van der Waals surface area contributed by atoms with Gasteiger partial charge in [0.25, 0.3) is 0 Å². The molecule has 0 aromatic heterocycles. The van der Waals surface area contributed by atoms with E-state index >= 15 is 0 Å². The number of hydrogen-bond donors (Lipinski definition) is 0. The highest BCUT2D eigenvalue weighted by Gasteiger charge is 2.47. The molecule has 4 rings (SSSR count). The van der Waals surface area contributed by atoms with Gasteiger partial charge in [-0.05, 0) is 24.3 Å². The smallest absolute Gasteiger partial charge is 0.194 e. The lowest BCUT2D eigenvalue weighted by molar-refractivity contribution is -0.144. The van der Waals surface area contributed by atoms with Crippen molar-refractivity contribution < 1.29 is 129 Å². The molecule has 0 radical (unpaired) electrons. The lowest BCUT2D eigenvalue weighted by Crippen LogP contribution is -3.00. The van der Waals surface area contributed by atoms with E-state index in [-0.39, 0.29) is 24.0 Å². The Hall–Kier alpha value is -4.01. The van der Waals surface area contributed by atoms with Crippen molar-refractivity contribution in [1.29, 1.82) is 0 Å². The van der Waals surface area contributed by atoms with E-state index in [0.29, 0.717) is 0 Å². The van der Waals surface area contributed by atoms with E-state index in [9.17, 15) is 105 Å². The Balaban J connectivity index is 0.00000900. The first-order chi connectivity index (χ1) is 25.3. The summed E-state index contributed by atoms with van der Waals surface area (Å²) in [6.07, 6.45) is -54.8. The van der Waals surface area contributed by atoms with Crippen LogP contribution in [-0.4, -0.2) is 6.15 Å². The third kappa shape index (κ3) is 10.0. The molecule has 4 aromatic carbocycles. The first-order valence-corrected chi connectivity index (χ1v) is 14.6. The number of benzene rings is 4. The second kappa shape index (κ2) is 14.9. The number of halogens is 25. The highest BCUT2D eigenvalue weighted by atomic mass is 127. The van der Waals surface area contributed by atoms with Crippen molar-refractivity contribution in [2.24, 2.45) is 0 Å². The summed E-state index contributed by atoms with van der Waals surface area (Å²) in [5.74, 6) is 0. The summed E-state index contributed by atoms with van der Waals surface area (Å²) in [5, 5.41) is 0. The van der Waals surface area contributed by atoms with Crippen LogP contribution in [0.3, 0.4) is 0 Å². The molecule has 4 aromatic rings. The molecule has 0 aliphatic heterocycles. The standard InChI is InChI=1S/C32H12BF24.H2I/c34-25(35,36)13-1-14(26(37,38)39)6-21(5-13)33(22-7-15(27(40,41)42)2-16(8-22)28(43,44)45,23-9-17(29(46,47)48)3-18(10-23)30(49,50)51)24-11-19(31(52,53)54)4-20(12-24)32(55,56)57;/h1-12H;1H2/q-1;+1. The van der Waals surface area contributed by atoms with Gasteiger partial charge in [0.05, 0.1) is 44.5 Å².